The monoisotopic (exact) mass is 326 g/mol. The van der Waals surface area contributed by atoms with Gasteiger partial charge in [0.05, 0.1) is 9.82 Å². The summed E-state index contributed by atoms with van der Waals surface area (Å²) in [5.74, 6) is 0.483. The first kappa shape index (κ1) is 14.3. The molecule has 9 heteroatoms. The van der Waals surface area contributed by atoms with E-state index in [0.29, 0.717) is 20.9 Å². The average molecular weight is 327 g/mol. The van der Waals surface area contributed by atoms with E-state index in [0.717, 1.165) is 24.6 Å². The molecular formula is C12H11ClN4O3S. The summed E-state index contributed by atoms with van der Waals surface area (Å²) in [5.41, 5.74) is -0.0663. The molecule has 1 heterocycles. The summed E-state index contributed by atoms with van der Waals surface area (Å²) in [4.78, 5) is 11.1. The van der Waals surface area contributed by atoms with Crippen molar-refractivity contribution >= 4 is 29.1 Å². The highest BCUT2D eigenvalue weighted by atomic mass is 35.5. The lowest BCUT2D eigenvalue weighted by atomic mass is 10.3. The first-order chi connectivity index (χ1) is 10.1. The molecule has 0 saturated heterocycles. The average Bonchev–Trinajstić information content (AvgIpc) is 3.22. The van der Waals surface area contributed by atoms with Crippen molar-refractivity contribution in [1.29, 1.82) is 0 Å². The highest BCUT2D eigenvalue weighted by Gasteiger charge is 2.30. The van der Waals surface area contributed by atoms with E-state index in [1.54, 1.807) is 12.1 Å². The number of hydrogen-bond donors (Lipinski definition) is 1. The lowest BCUT2D eigenvalue weighted by Gasteiger charge is -2.07. The third-order valence-corrected chi connectivity index (χ3v) is 4.37. The van der Waals surface area contributed by atoms with Crippen LogP contribution in [0.5, 0.6) is 0 Å². The molecule has 0 aliphatic heterocycles. The van der Waals surface area contributed by atoms with Crippen molar-refractivity contribution in [3.05, 3.63) is 39.2 Å². The van der Waals surface area contributed by atoms with Crippen LogP contribution in [0.25, 0.3) is 0 Å². The number of rotatable bonds is 5. The van der Waals surface area contributed by atoms with Gasteiger partial charge in [0.25, 0.3) is 5.69 Å². The van der Waals surface area contributed by atoms with Crippen LogP contribution < -0.4 is 0 Å². The number of aliphatic hydroxyl groups excluding tert-OH is 1. The van der Waals surface area contributed by atoms with E-state index in [-0.39, 0.29) is 18.3 Å². The Balaban J connectivity index is 1.97. The minimum atomic E-state index is -0.473. The molecule has 0 amide bonds. The Morgan fingerprint density at radius 2 is 2.24 bits per heavy atom. The van der Waals surface area contributed by atoms with Gasteiger partial charge in [-0.3, -0.25) is 10.1 Å². The number of hydrogen-bond acceptors (Lipinski definition) is 6. The summed E-state index contributed by atoms with van der Waals surface area (Å²) in [5, 5.41) is 29.2. The second-order valence-corrected chi connectivity index (χ2v) is 6.07. The van der Waals surface area contributed by atoms with Crippen molar-refractivity contribution in [2.75, 3.05) is 0 Å². The quantitative estimate of drug-likeness (QED) is 0.670. The van der Waals surface area contributed by atoms with Gasteiger partial charge in [0.15, 0.2) is 11.0 Å². The van der Waals surface area contributed by atoms with E-state index in [2.05, 4.69) is 10.2 Å². The number of benzene rings is 1. The van der Waals surface area contributed by atoms with Gasteiger partial charge in [0.1, 0.15) is 6.61 Å². The molecule has 1 aliphatic rings. The molecule has 1 aromatic heterocycles. The molecule has 1 aliphatic carbocycles. The molecule has 1 saturated carbocycles. The molecule has 21 heavy (non-hydrogen) atoms. The fraction of sp³-hybridized carbons (Fsp3) is 0.333. The molecule has 1 fully saturated rings. The summed E-state index contributed by atoms with van der Waals surface area (Å²) < 4.78 is 1.85. The Labute approximate surface area is 129 Å². The van der Waals surface area contributed by atoms with Crippen molar-refractivity contribution in [1.82, 2.24) is 14.8 Å². The molecule has 2 aromatic rings. The Kier molecular flexibility index (Phi) is 3.83. The predicted molar refractivity (Wildman–Crippen MR) is 76.4 cm³/mol. The molecule has 0 radical (unpaired) electrons. The second-order valence-electron chi connectivity index (χ2n) is 4.63. The Bertz CT molecular complexity index is 702. The fourth-order valence-electron chi connectivity index (χ4n) is 2.00. The van der Waals surface area contributed by atoms with Gasteiger partial charge in [-0.05, 0) is 36.7 Å². The maximum absolute atomic E-state index is 11.1. The van der Waals surface area contributed by atoms with E-state index in [1.165, 1.54) is 6.07 Å². The van der Waals surface area contributed by atoms with Gasteiger partial charge in [0, 0.05) is 17.1 Å². The zero-order chi connectivity index (χ0) is 15.0. The zero-order valence-corrected chi connectivity index (χ0v) is 12.3. The first-order valence-electron chi connectivity index (χ1n) is 6.26. The van der Waals surface area contributed by atoms with E-state index in [9.17, 15) is 15.2 Å². The number of aromatic nitrogens is 3. The normalized spacial score (nSPS) is 14.4. The van der Waals surface area contributed by atoms with Gasteiger partial charge < -0.3 is 9.67 Å². The molecule has 0 bridgehead atoms. The highest BCUT2D eigenvalue weighted by molar-refractivity contribution is 7.99. The maximum Gasteiger partial charge on any atom is 0.284 e. The Morgan fingerprint density at radius 1 is 1.48 bits per heavy atom. The number of halogens is 1. The van der Waals surface area contributed by atoms with Crippen LogP contribution in [0.3, 0.4) is 0 Å². The van der Waals surface area contributed by atoms with Crippen LogP contribution in [0.2, 0.25) is 5.02 Å². The van der Waals surface area contributed by atoms with Crippen LogP contribution in [-0.4, -0.2) is 24.8 Å². The summed E-state index contributed by atoms with van der Waals surface area (Å²) in [6, 6.07) is 4.78. The lowest BCUT2D eigenvalue weighted by Crippen LogP contribution is -2.03. The SMILES string of the molecule is O=[N+]([O-])c1cc(Cl)ccc1Sc1nnc(CO)n1C1CC1. The van der Waals surface area contributed by atoms with E-state index >= 15 is 0 Å². The molecule has 0 spiro atoms. The molecular weight excluding hydrogens is 316 g/mol. The summed E-state index contributed by atoms with van der Waals surface area (Å²) >= 11 is 6.96. The van der Waals surface area contributed by atoms with Gasteiger partial charge in [0.2, 0.25) is 0 Å². The Morgan fingerprint density at radius 3 is 2.86 bits per heavy atom. The minimum absolute atomic E-state index is 0.0663. The summed E-state index contributed by atoms with van der Waals surface area (Å²) in [7, 11) is 0. The van der Waals surface area contributed by atoms with Crippen LogP contribution in [0.15, 0.2) is 28.3 Å². The van der Waals surface area contributed by atoms with Crippen LogP contribution in [-0.2, 0) is 6.61 Å². The zero-order valence-electron chi connectivity index (χ0n) is 10.8. The molecule has 0 atom stereocenters. The highest BCUT2D eigenvalue weighted by Crippen LogP contribution is 2.42. The number of aliphatic hydroxyl groups is 1. The van der Waals surface area contributed by atoms with Crippen molar-refractivity contribution in [2.24, 2.45) is 0 Å². The van der Waals surface area contributed by atoms with Gasteiger partial charge in [-0.15, -0.1) is 10.2 Å². The number of nitro groups is 1. The molecule has 3 rings (SSSR count). The molecule has 7 nitrogen and oxygen atoms in total. The van der Waals surface area contributed by atoms with Gasteiger partial charge >= 0.3 is 0 Å². The fourth-order valence-corrected chi connectivity index (χ4v) is 3.17. The summed E-state index contributed by atoms with van der Waals surface area (Å²) in [6.45, 7) is -0.202. The van der Waals surface area contributed by atoms with Crippen LogP contribution in [0.1, 0.15) is 24.7 Å². The lowest BCUT2D eigenvalue weighted by molar-refractivity contribution is -0.387. The standard InChI is InChI=1S/C12H11ClN4O3S/c13-7-1-4-10(9(5-7)17(19)20)21-12-15-14-11(6-18)16(12)8-2-3-8/h1,4-5,8,18H,2-3,6H2. The van der Waals surface area contributed by atoms with Crippen LogP contribution in [0.4, 0.5) is 5.69 Å². The predicted octanol–water partition coefficient (Wildman–Crippen LogP) is 2.82. The van der Waals surface area contributed by atoms with Crippen molar-refractivity contribution in [3.63, 3.8) is 0 Å². The molecule has 1 N–H and O–H groups in total. The third-order valence-electron chi connectivity index (χ3n) is 3.11. The van der Waals surface area contributed by atoms with Crippen molar-refractivity contribution in [2.45, 2.75) is 35.5 Å². The number of nitrogens with zero attached hydrogens (tertiary/aromatic N) is 4. The summed E-state index contributed by atoms with van der Waals surface area (Å²) in [6.07, 6.45) is 2.00. The van der Waals surface area contributed by atoms with Crippen molar-refractivity contribution < 1.29 is 10.0 Å². The molecule has 1 aromatic carbocycles. The van der Waals surface area contributed by atoms with E-state index < -0.39 is 4.92 Å². The topological polar surface area (TPSA) is 94.1 Å². The van der Waals surface area contributed by atoms with E-state index in [4.69, 9.17) is 11.6 Å². The van der Waals surface area contributed by atoms with Gasteiger partial charge in [-0.1, -0.05) is 11.6 Å². The largest absolute Gasteiger partial charge is 0.388 e. The van der Waals surface area contributed by atoms with Gasteiger partial charge in [-0.2, -0.15) is 0 Å². The molecule has 110 valence electrons. The van der Waals surface area contributed by atoms with Crippen LogP contribution in [0, 0.1) is 10.1 Å². The maximum atomic E-state index is 11.1. The minimum Gasteiger partial charge on any atom is -0.388 e. The third kappa shape index (κ3) is 2.87. The Hall–Kier alpha value is -1.64. The van der Waals surface area contributed by atoms with Gasteiger partial charge in [-0.25, -0.2) is 0 Å². The first-order valence-corrected chi connectivity index (χ1v) is 7.46. The van der Waals surface area contributed by atoms with Crippen molar-refractivity contribution in [3.8, 4) is 0 Å². The number of nitro benzene ring substituents is 1. The smallest absolute Gasteiger partial charge is 0.284 e. The van der Waals surface area contributed by atoms with Crippen LogP contribution >= 0.6 is 23.4 Å². The molecule has 0 unspecified atom stereocenters. The second kappa shape index (κ2) is 5.63. The van der Waals surface area contributed by atoms with E-state index in [1.807, 2.05) is 4.57 Å².